The van der Waals surface area contributed by atoms with Crippen molar-refractivity contribution >= 4 is 34.4 Å². The van der Waals surface area contributed by atoms with Gasteiger partial charge in [-0.2, -0.15) is 0 Å². The fourth-order valence-corrected chi connectivity index (χ4v) is 6.58. The van der Waals surface area contributed by atoms with Crippen LogP contribution in [-0.2, 0) is 4.79 Å². The maximum absolute atomic E-state index is 12.8. The number of carbonyl (C=O) groups excluding carboxylic acids is 1. The largest absolute Gasteiger partial charge is 0.495 e. The van der Waals surface area contributed by atoms with Crippen LogP contribution in [0.1, 0.15) is 32.6 Å². The standard InChI is InChI=1S/C25H28N4O4S/c1-15(19-12-16-7-8-17(19)11-16)26-24(30)14-34-25-27-20-13-18(29(31)32)9-10-21(20)28(25)22-5-3-4-6-23(22)33-2/h3-6,9-10,13,15-17,19H,7-8,11-12,14H2,1-2H3,(H,26,30)/t15-,16+,17+,19-/m0/s1. The van der Waals surface area contributed by atoms with E-state index in [0.29, 0.717) is 27.9 Å². The van der Waals surface area contributed by atoms with E-state index in [1.165, 1.54) is 49.6 Å². The number of fused-ring (bicyclic) bond motifs is 3. The van der Waals surface area contributed by atoms with Gasteiger partial charge in [-0.05, 0) is 62.1 Å². The SMILES string of the molecule is COc1ccccc1-n1c(SCC(=O)N[C@@H](C)[C@@H]2C[C@@H]3CC[C@@H]2C3)nc2cc([N+](=O)[O-])ccc21. The number of nitro benzene ring substituents is 1. The molecule has 2 aliphatic carbocycles. The highest BCUT2D eigenvalue weighted by molar-refractivity contribution is 7.99. The Balaban J connectivity index is 1.39. The number of methoxy groups -OCH3 is 1. The molecule has 1 heterocycles. The molecule has 0 unspecified atom stereocenters. The Morgan fingerprint density at radius 3 is 2.82 bits per heavy atom. The number of benzene rings is 2. The molecule has 0 saturated heterocycles. The summed E-state index contributed by atoms with van der Waals surface area (Å²) < 4.78 is 7.45. The second-order valence-electron chi connectivity index (χ2n) is 9.32. The molecule has 5 rings (SSSR count). The van der Waals surface area contributed by atoms with Crippen molar-refractivity contribution in [1.82, 2.24) is 14.9 Å². The minimum Gasteiger partial charge on any atom is -0.495 e. The summed E-state index contributed by atoms with van der Waals surface area (Å²) in [5.41, 5.74) is 1.96. The molecular formula is C25H28N4O4S. The van der Waals surface area contributed by atoms with Crippen LogP contribution >= 0.6 is 11.8 Å². The highest BCUT2D eigenvalue weighted by Gasteiger charge is 2.42. The van der Waals surface area contributed by atoms with Crippen LogP contribution in [-0.4, -0.2) is 39.3 Å². The summed E-state index contributed by atoms with van der Waals surface area (Å²) in [4.78, 5) is 28.3. The molecule has 8 nitrogen and oxygen atoms in total. The number of thioether (sulfide) groups is 1. The van der Waals surface area contributed by atoms with Gasteiger partial charge in [0.25, 0.3) is 5.69 Å². The maximum Gasteiger partial charge on any atom is 0.271 e. The van der Waals surface area contributed by atoms with Gasteiger partial charge in [0.1, 0.15) is 5.75 Å². The summed E-state index contributed by atoms with van der Waals surface area (Å²) in [6, 6.07) is 12.3. The number of nitro groups is 1. The molecule has 1 amide bonds. The van der Waals surface area contributed by atoms with Crippen LogP contribution in [0.4, 0.5) is 5.69 Å². The number of amides is 1. The molecule has 2 aromatic carbocycles. The lowest BCUT2D eigenvalue weighted by Crippen LogP contribution is -2.40. The van der Waals surface area contributed by atoms with Gasteiger partial charge in [0.15, 0.2) is 5.16 Å². The van der Waals surface area contributed by atoms with E-state index in [0.717, 1.165) is 17.5 Å². The summed E-state index contributed by atoms with van der Waals surface area (Å²) in [6.07, 6.45) is 5.17. The van der Waals surface area contributed by atoms with Crippen molar-refractivity contribution < 1.29 is 14.5 Å². The molecule has 9 heteroatoms. The van der Waals surface area contributed by atoms with Crippen LogP contribution in [0.3, 0.4) is 0 Å². The summed E-state index contributed by atoms with van der Waals surface area (Å²) >= 11 is 1.32. The molecule has 4 atom stereocenters. The Labute approximate surface area is 202 Å². The van der Waals surface area contributed by atoms with Gasteiger partial charge < -0.3 is 10.1 Å². The van der Waals surface area contributed by atoms with Crippen molar-refractivity contribution in [3.8, 4) is 11.4 Å². The predicted molar refractivity (Wildman–Crippen MR) is 132 cm³/mol. The summed E-state index contributed by atoms with van der Waals surface area (Å²) in [5, 5.41) is 15.1. The topological polar surface area (TPSA) is 99.3 Å². The van der Waals surface area contributed by atoms with Gasteiger partial charge in [-0.15, -0.1) is 0 Å². The van der Waals surface area contributed by atoms with E-state index in [4.69, 9.17) is 4.74 Å². The number of nitrogens with zero attached hydrogens (tertiary/aromatic N) is 3. The fraction of sp³-hybridized carbons (Fsp3) is 0.440. The number of ether oxygens (including phenoxy) is 1. The third-order valence-corrected chi connectivity index (χ3v) is 8.24. The van der Waals surface area contributed by atoms with Crippen LogP contribution in [0.2, 0.25) is 0 Å². The van der Waals surface area contributed by atoms with Crippen LogP contribution in [0.15, 0.2) is 47.6 Å². The van der Waals surface area contributed by atoms with E-state index in [9.17, 15) is 14.9 Å². The Morgan fingerprint density at radius 2 is 2.12 bits per heavy atom. The van der Waals surface area contributed by atoms with E-state index < -0.39 is 4.92 Å². The van der Waals surface area contributed by atoms with Crippen LogP contribution in [0.25, 0.3) is 16.7 Å². The first-order chi connectivity index (χ1) is 16.4. The number of imidazole rings is 1. The van der Waals surface area contributed by atoms with Gasteiger partial charge in [0, 0.05) is 18.2 Å². The molecule has 0 spiro atoms. The lowest BCUT2D eigenvalue weighted by molar-refractivity contribution is -0.384. The van der Waals surface area contributed by atoms with Crippen LogP contribution < -0.4 is 10.1 Å². The van der Waals surface area contributed by atoms with Gasteiger partial charge >= 0.3 is 0 Å². The molecule has 34 heavy (non-hydrogen) atoms. The smallest absolute Gasteiger partial charge is 0.271 e. The number of hydrogen-bond acceptors (Lipinski definition) is 6. The molecule has 0 radical (unpaired) electrons. The van der Waals surface area contributed by atoms with Crippen LogP contribution in [0.5, 0.6) is 5.75 Å². The fourth-order valence-electron chi connectivity index (χ4n) is 5.74. The van der Waals surface area contributed by atoms with Crippen molar-refractivity contribution in [2.24, 2.45) is 17.8 Å². The van der Waals surface area contributed by atoms with Crippen molar-refractivity contribution in [2.75, 3.05) is 12.9 Å². The van der Waals surface area contributed by atoms with E-state index in [-0.39, 0.29) is 23.4 Å². The van der Waals surface area contributed by atoms with Gasteiger partial charge in [-0.25, -0.2) is 4.98 Å². The number of hydrogen-bond donors (Lipinski definition) is 1. The number of carbonyl (C=O) groups is 1. The number of para-hydroxylation sites is 2. The molecule has 2 aliphatic rings. The molecule has 3 aromatic rings. The Kier molecular flexibility index (Phi) is 6.20. The second-order valence-corrected chi connectivity index (χ2v) is 10.3. The Bertz CT molecular complexity index is 1240. The summed E-state index contributed by atoms with van der Waals surface area (Å²) in [7, 11) is 1.60. The Hall–Kier alpha value is -3.07. The third kappa shape index (κ3) is 4.24. The lowest BCUT2D eigenvalue weighted by atomic mass is 9.84. The van der Waals surface area contributed by atoms with E-state index in [1.807, 2.05) is 28.8 Å². The first-order valence-corrected chi connectivity index (χ1v) is 12.7. The summed E-state index contributed by atoms with van der Waals surface area (Å²) in [5.74, 6) is 3.01. The molecule has 2 bridgehead atoms. The van der Waals surface area contributed by atoms with Crippen LogP contribution in [0, 0.1) is 27.9 Å². The third-order valence-electron chi connectivity index (χ3n) is 7.30. The quantitative estimate of drug-likeness (QED) is 0.277. The predicted octanol–water partition coefficient (Wildman–Crippen LogP) is 4.98. The zero-order valence-electron chi connectivity index (χ0n) is 19.3. The number of nitrogens with one attached hydrogen (secondary N) is 1. The molecule has 2 fully saturated rings. The van der Waals surface area contributed by atoms with E-state index >= 15 is 0 Å². The van der Waals surface area contributed by atoms with Crippen molar-refractivity contribution in [3.05, 3.63) is 52.6 Å². The molecular weight excluding hydrogens is 452 g/mol. The first kappa shape index (κ1) is 22.7. The van der Waals surface area contributed by atoms with Gasteiger partial charge in [-0.3, -0.25) is 19.5 Å². The normalized spacial score (nSPS) is 22.1. The second kappa shape index (κ2) is 9.29. The van der Waals surface area contributed by atoms with Gasteiger partial charge in [-0.1, -0.05) is 30.3 Å². The summed E-state index contributed by atoms with van der Waals surface area (Å²) in [6.45, 7) is 2.12. The van der Waals surface area contributed by atoms with Gasteiger partial charge in [0.05, 0.1) is 34.5 Å². The zero-order valence-corrected chi connectivity index (χ0v) is 20.1. The van der Waals surface area contributed by atoms with Crippen molar-refractivity contribution in [2.45, 2.75) is 43.8 Å². The average molecular weight is 481 g/mol. The molecule has 1 aromatic heterocycles. The minimum atomic E-state index is -0.432. The number of aromatic nitrogens is 2. The molecule has 178 valence electrons. The molecule has 0 aliphatic heterocycles. The van der Waals surface area contributed by atoms with E-state index in [2.05, 4.69) is 17.2 Å². The van der Waals surface area contributed by atoms with Crippen molar-refractivity contribution in [1.29, 1.82) is 0 Å². The lowest BCUT2D eigenvalue weighted by Gasteiger charge is -2.28. The maximum atomic E-state index is 12.8. The van der Waals surface area contributed by atoms with Gasteiger partial charge in [0.2, 0.25) is 5.91 Å². The highest BCUT2D eigenvalue weighted by atomic mass is 32.2. The van der Waals surface area contributed by atoms with Crippen molar-refractivity contribution in [3.63, 3.8) is 0 Å². The average Bonchev–Trinajstić information content (AvgIpc) is 3.56. The Morgan fingerprint density at radius 1 is 1.29 bits per heavy atom. The molecule has 2 saturated carbocycles. The number of non-ortho nitro benzene ring substituents is 1. The highest BCUT2D eigenvalue weighted by Crippen LogP contribution is 2.49. The molecule has 1 N–H and O–H groups in total. The van der Waals surface area contributed by atoms with E-state index in [1.54, 1.807) is 13.2 Å². The monoisotopic (exact) mass is 480 g/mol. The number of rotatable bonds is 8. The minimum absolute atomic E-state index is 0.0221. The zero-order chi connectivity index (χ0) is 23.8. The first-order valence-electron chi connectivity index (χ1n) is 11.7.